The average Bonchev–Trinajstić information content (AvgIpc) is 2.46. The summed E-state index contributed by atoms with van der Waals surface area (Å²) in [6.45, 7) is 4.30. The van der Waals surface area contributed by atoms with Gasteiger partial charge in [0.15, 0.2) is 0 Å². The third-order valence-corrected chi connectivity index (χ3v) is 2.75. The number of nitrogens with zero attached hydrogens (tertiary/aromatic N) is 3. The molecule has 0 amide bonds. The summed E-state index contributed by atoms with van der Waals surface area (Å²) < 4.78 is 16.1. The van der Waals surface area contributed by atoms with Crippen LogP contribution < -0.4 is 14.8 Å². The molecule has 0 aliphatic carbocycles. The Labute approximate surface area is 112 Å². The van der Waals surface area contributed by atoms with E-state index in [9.17, 15) is 0 Å². The van der Waals surface area contributed by atoms with Crippen molar-refractivity contribution in [1.29, 1.82) is 0 Å². The largest absolute Gasteiger partial charge is 0.467 e. The molecule has 1 aliphatic heterocycles. The number of ether oxygens (including phenoxy) is 3. The van der Waals surface area contributed by atoms with Gasteiger partial charge in [0.25, 0.3) is 0 Å². The Morgan fingerprint density at radius 3 is 2.63 bits per heavy atom. The Morgan fingerprint density at radius 1 is 1.21 bits per heavy atom. The Bertz CT molecular complexity index is 397. The lowest BCUT2D eigenvalue weighted by Gasteiger charge is -2.22. The van der Waals surface area contributed by atoms with E-state index in [1.165, 1.54) is 7.11 Å². The molecule has 0 aromatic carbocycles. The quantitative estimate of drug-likeness (QED) is 0.832. The molecule has 0 saturated carbocycles. The van der Waals surface area contributed by atoms with Gasteiger partial charge >= 0.3 is 12.0 Å². The minimum absolute atomic E-state index is 0.0971. The number of methoxy groups -OCH3 is 1. The summed E-state index contributed by atoms with van der Waals surface area (Å²) in [5.74, 6) is 0.482. The first-order chi connectivity index (χ1) is 9.31. The molecule has 0 radical (unpaired) electrons. The molecule has 106 valence electrons. The predicted octanol–water partition coefficient (Wildman–Crippen LogP) is 1.26. The molecule has 1 aliphatic rings. The summed E-state index contributed by atoms with van der Waals surface area (Å²) in [4.78, 5) is 12.5. The molecule has 1 aromatic rings. The van der Waals surface area contributed by atoms with Crippen molar-refractivity contribution in [3.63, 3.8) is 0 Å². The maximum absolute atomic E-state index is 5.76. The fourth-order valence-electron chi connectivity index (χ4n) is 1.74. The van der Waals surface area contributed by atoms with E-state index >= 15 is 0 Å². The van der Waals surface area contributed by atoms with E-state index in [1.807, 2.05) is 0 Å². The SMILES string of the molecule is CCCNc1nc(OC)nc(OC2CCOCC2)n1. The predicted molar refractivity (Wildman–Crippen MR) is 69.6 cm³/mol. The highest BCUT2D eigenvalue weighted by Gasteiger charge is 2.18. The van der Waals surface area contributed by atoms with Gasteiger partial charge in [-0.1, -0.05) is 6.92 Å². The summed E-state index contributed by atoms with van der Waals surface area (Å²) in [6, 6.07) is 0.563. The minimum Gasteiger partial charge on any atom is -0.467 e. The van der Waals surface area contributed by atoms with Gasteiger partial charge in [-0.15, -0.1) is 4.98 Å². The Balaban J connectivity index is 2.04. The second-order valence-electron chi connectivity index (χ2n) is 4.28. The molecule has 0 spiro atoms. The van der Waals surface area contributed by atoms with Crippen LogP contribution in [0.25, 0.3) is 0 Å². The van der Waals surface area contributed by atoms with Crippen molar-refractivity contribution in [1.82, 2.24) is 15.0 Å². The van der Waals surface area contributed by atoms with Gasteiger partial charge in [0, 0.05) is 19.4 Å². The summed E-state index contributed by atoms with van der Waals surface area (Å²) in [5.41, 5.74) is 0. The molecule has 1 aromatic heterocycles. The molecular weight excluding hydrogens is 248 g/mol. The van der Waals surface area contributed by atoms with Gasteiger partial charge in [-0.2, -0.15) is 9.97 Å². The van der Waals surface area contributed by atoms with Crippen LogP contribution in [0.4, 0.5) is 5.95 Å². The van der Waals surface area contributed by atoms with Crippen LogP contribution in [0.15, 0.2) is 0 Å². The number of hydrogen-bond acceptors (Lipinski definition) is 7. The van der Waals surface area contributed by atoms with Crippen molar-refractivity contribution in [3.8, 4) is 12.0 Å². The molecule has 1 saturated heterocycles. The highest BCUT2D eigenvalue weighted by molar-refractivity contribution is 5.27. The fourth-order valence-corrected chi connectivity index (χ4v) is 1.74. The zero-order chi connectivity index (χ0) is 13.5. The van der Waals surface area contributed by atoms with Gasteiger partial charge in [-0.05, 0) is 6.42 Å². The minimum atomic E-state index is 0.0971. The van der Waals surface area contributed by atoms with Crippen molar-refractivity contribution in [2.75, 3.05) is 32.2 Å². The van der Waals surface area contributed by atoms with Crippen molar-refractivity contribution in [2.45, 2.75) is 32.3 Å². The first-order valence-electron chi connectivity index (χ1n) is 6.60. The smallest absolute Gasteiger partial charge is 0.324 e. The maximum Gasteiger partial charge on any atom is 0.324 e. The van der Waals surface area contributed by atoms with Crippen LogP contribution in [-0.4, -0.2) is 47.9 Å². The van der Waals surface area contributed by atoms with E-state index < -0.39 is 0 Å². The molecule has 7 nitrogen and oxygen atoms in total. The lowest BCUT2D eigenvalue weighted by Crippen LogP contribution is -2.26. The lowest BCUT2D eigenvalue weighted by atomic mass is 10.2. The standard InChI is InChI=1S/C12H20N4O3/c1-3-6-13-10-14-11(17-2)16-12(15-10)19-9-4-7-18-8-5-9/h9H,3-8H2,1-2H3,(H,13,14,15,16). The van der Waals surface area contributed by atoms with E-state index in [1.54, 1.807) is 0 Å². The topological polar surface area (TPSA) is 78.4 Å². The van der Waals surface area contributed by atoms with Crippen molar-refractivity contribution in [2.24, 2.45) is 0 Å². The van der Waals surface area contributed by atoms with E-state index in [0.717, 1.165) is 25.8 Å². The molecule has 1 N–H and O–H groups in total. The molecule has 2 rings (SSSR count). The molecule has 1 fully saturated rings. The molecule has 7 heteroatoms. The third-order valence-electron chi connectivity index (χ3n) is 2.75. The van der Waals surface area contributed by atoms with Crippen LogP contribution in [0.5, 0.6) is 12.0 Å². The van der Waals surface area contributed by atoms with Crippen LogP contribution >= 0.6 is 0 Å². The van der Waals surface area contributed by atoms with Gasteiger partial charge in [0.2, 0.25) is 5.95 Å². The Morgan fingerprint density at radius 2 is 1.95 bits per heavy atom. The van der Waals surface area contributed by atoms with Gasteiger partial charge < -0.3 is 19.5 Å². The second-order valence-corrected chi connectivity index (χ2v) is 4.28. The number of anilines is 1. The van der Waals surface area contributed by atoms with E-state index in [4.69, 9.17) is 14.2 Å². The first kappa shape index (κ1) is 13.8. The van der Waals surface area contributed by atoms with Crippen LogP contribution in [-0.2, 0) is 4.74 Å². The molecule has 2 heterocycles. The summed E-state index contributed by atoms with van der Waals surface area (Å²) in [6.07, 6.45) is 2.79. The third kappa shape index (κ3) is 4.20. The van der Waals surface area contributed by atoms with Crippen molar-refractivity contribution >= 4 is 5.95 Å². The average molecular weight is 268 g/mol. The van der Waals surface area contributed by atoms with E-state index in [0.29, 0.717) is 25.2 Å². The van der Waals surface area contributed by atoms with Crippen LogP contribution in [0.1, 0.15) is 26.2 Å². The number of rotatable bonds is 6. The fraction of sp³-hybridized carbons (Fsp3) is 0.750. The zero-order valence-corrected chi connectivity index (χ0v) is 11.4. The molecule has 0 atom stereocenters. The molecule has 0 unspecified atom stereocenters. The Hall–Kier alpha value is -1.63. The summed E-state index contributed by atoms with van der Waals surface area (Å²) >= 11 is 0. The van der Waals surface area contributed by atoms with Crippen LogP contribution in [0.2, 0.25) is 0 Å². The monoisotopic (exact) mass is 268 g/mol. The molecule has 0 bridgehead atoms. The van der Waals surface area contributed by atoms with Gasteiger partial charge in [0.05, 0.1) is 20.3 Å². The van der Waals surface area contributed by atoms with Gasteiger partial charge in [-0.3, -0.25) is 0 Å². The van der Waals surface area contributed by atoms with Crippen molar-refractivity contribution in [3.05, 3.63) is 0 Å². The van der Waals surface area contributed by atoms with Crippen LogP contribution in [0, 0.1) is 0 Å². The highest BCUT2D eigenvalue weighted by Crippen LogP contribution is 2.17. The summed E-state index contributed by atoms with van der Waals surface area (Å²) in [5, 5.41) is 3.10. The Kier molecular flexibility index (Phi) is 5.14. The highest BCUT2D eigenvalue weighted by atomic mass is 16.5. The number of hydrogen-bond donors (Lipinski definition) is 1. The first-order valence-corrected chi connectivity index (χ1v) is 6.60. The maximum atomic E-state index is 5.76. The van der Waals surface area contributed by atoms with Gasteiger partial charge in [-0.25, -0.2) is 0 Å². The van der Waals surface area contributed by atoms with Crippen molar-refractivity contribution < 1.29 is 14.2 Å². The molecular formula is C12H20N4O3. The molecule has 19 heavy (non-hydrogen) atoms. The second kappa shape index (κ2) is 7.08. The number of nitrogens with one attached hydrogen (secondary N) is 1. The number of aromatic nitrogens is 3. The lowest BCUT2D eigenvalue weighted by molar-refractivity contribution is 0.0214. The van der Waals surface area contributed by atoms with Gasteiger partial charge in [0.1, 0.15) is 6.10 Å². The van der Waals surface area contributed by atoms with E-state index in [-0.39, 0.29) is 12.1 Å². The zero-order valence-electron chi connectivity index (χ0n) is 11.4. The summed E-state index contributed by atoms with van der Waals surface area (Å²) in [7, 11) is 1.52. The normalized spacial score (nSPS) is 16.1. The van der Waals surface area contributed by atoms with Crippen LogP contribution in [0.3, 0.4) is 0 Å². The van der Waals surface area contributed by atoms with E-state index in [2.05, 4.69) is 27.2 Å².